The number of H-pyrrole nitrogens is 1. The highest BCUT2D eigenvalue weighted by atomic mass is 16.5. The van der Waals surface area contributed by atoms with E-state index in [1.54, 1.807) is 47.5 Å². The first kappa shape index (κ1) is 22.4. The number of hydrogen-bond acceptors (Lipinski definition) is 9. The first-order valence-corrected chi connectivity index (χ1v) is 11.1. The average molecular weight is 476 g/mol. The summed E-state index contributed by atoms with van der Waals surface area (Å²) < 4.78 is 15.9. The van der Waals surface area contributed by atoms with Gasteiger partial charge in [-0.2, -0.15) is 4.98 Å². The standard InChI is InChI=1S/C24H24N6O5/c1-14-13-25-23(29-21(14)26-15-4-6-19-18(11-15)28-24(32)35-19)27-16-3-5-17(20(12-16)33-2)22(31)30-7-9-34-10-8-30/h3-6,11-13H,7-10H2,1-2H3,(H,28,32)(H2,25,26,27,29). The van der Waals surface area contributed by atoms with Gasteiger partial charge in [0.2, 0.25) is 5.95 Å². The number of carbonyl (C=O) groups is 1. The van der Waals surface area contributed by atoms with Crippen LogP contribution in [-0.4, -0.2) is 59.2 Å². The normalized spacial score (nSPS) is 13.6. The van der Waals surface area contributed by atoms with Gasteiger partial charge in [0.1, 0.15) is 11.6 Å². The van der Waals surface area contributed by atoms with Crippen molar-refractivity contribution in [2.45, 2.75) is 6.92 Å². The molecule has 1 aliphatic heterocycles. The Balaban J connectivity index is 1.35. The van der Waals surface area contributed by atoms with Crippen molar-refractivity contribution >= 4 is 40.1 Å². The van der Waals surface area contributed by atoms with Crippen LogP contribution in [0, 0.1) is 6.92 Å². The molecule has 5 rings (SSSR count). The number of rotatable bonds is 6. The summed E-state index contributed by atoms with van der Waals surface area (Å²) in [7, 11) is 1.53. The molecule has 11 nitrogen and oxygen atoms in total. The Kier molecular flexibility index (Phi) is 6.06. The van der Waals surface area contributed by atoms with E-state index in [2.05, 4.69) is 25.6 Å². The SMILES string of the molecule is COc1cc(Nc2ncc(C)c(Nc3ccc4oc(=O)[nH]c4c3)n2)ccc1C(=O)N1CCOCC1. The smallest absolute Gasteiger partial charge is 0.417 e. The molecule has 0 unspecified atom stereocenters. The van der Waals surface area contributed by atoms with Crippen molar-refractivity contribution in [3.05, 3.63) is 64.3 Å². The molecule has 1 amide bonds. The molecule has 180 valence electrons. The molecule has 0 atom stereocenters. The van der Waals surface area contributed by atoms with Crippen LogP contribution in [0.15, 0.2) is 51.8 Å². The van der Waals surface area contributed by atoms with Gasteiger partial charge in [-0.3, -0.25) is 9.78 Å². The highest BCUT2D eigenvalue weighted by Crippen LogP contribution is 2.27. The lowest BCUT2D eigenvalue weighted by Crippen LogP contribution is -2.40. The van der Waals surface area contributed by atoms with Crippen LogP contribution in [-0.2, 0) is 4.74 Å². The van der Waals surface area contributed by atoms with Crippen LogP contribution in [0.5, 0.6) is 5.75 Å². The molecule has 35 heavy (non-hydrogen) atoms. The number of aromatic nitrogens is 3. The highest BCUT2D eigenvalue weighted by Gasteiger charge is 2.22. The van der Waals surface area contributed by atoms with E-state index in [9.17, 15) is 9.59 Å². The predicted octanol–water partition coefficient (Wildman–Crippen LogP) is 3.19. The lowest BCUT2D eigenvalue weighted by molar-refractivity contribution is 0.0301. The van der Waals surface area contributed by atoms with Crippen molar-refractivity contribution in [1.82, 2.24) is 19.9 Å². The minimum Gasteiger partial charge on any atom is -0.496 e. The zero-order chi connectivity index (χ0) is 24.4. The van der Waals surface area contributed by atoms with E-state index in [4.69, 9.17) is 13.9 Å². The number of oxazole rings is 1. The molecule has 2 aromatic heterocycles. The molecule has 4 aromatic rings. The summed E-state index contributed by atoms with van der Waals surface area (Å²) in [6, 6.07) is 10.5. The van der Waals surface area contributed by atoms with Crippen LogP contribution in [0.1, 0.15) is 15.9 Å². The number of amides is 1. The van der Waals surface area contributed by atoms with Gasteiger partial charge in [-0.1, -0.05) is 0 Å². The highest BCUT2D eigenvalue weighted by molar-refractivity contribution is 5.97. The first-order valence-electron chi connectivity index (χ1n) is 11.1. The molecular formula is C24H24N6O5. The molecular weight excluding hydrogens is 452 g/mol. The number of carbonyl (C=O) groups excluding carboxylic acids is 1. The van der Waals surface area contributed by atoms with Crippen LogP contribution in [0.25, 0.3) is 11.1 Å². The third-order valence-corrected chi connectivity index (χ3v) is 5.64. The summed E-state index contributed by atoms with van der Waals surface area (Å²) in [6.45, 7) is 4.06. The molecule has 3 N–H and O–H groups in total. The Morgan fingerprint density at radius 3 is 2.69 bits per heavy atom. The summed E-state index contributed by atoms with van der Waals surface area (Å²) in [5.41, 5.74) is 3.79. The van der Waals surface area contributed by atoms with Crippen LogP contribution in [0.4, 0.5) is 23.1 Å². The van der Waals surface area contributed by atoms with Gasteiger partial charge in [0.25, 0.3) is 5.91 Å². The molecule has 1 saturated heterocycles. The third-order valence-electron chi connectivity index (χ3n) is 5.64. The van der Waals surface area contributed by atoms with Gasteiger partial charge in [0.05, 0.1) is 31.4 Å². The van der Waals surface area contributed by atoms with Crippen LogP contribution in [0.3, 0.4) is 0 Å². The number of benzene rings is 2. The molecule has 1 fully saturated rings. The zero-order valence-electron chi connectivity index (χ0n) is 19.3. The molecule has 1 aliphatic rings. The van der Waals surface area contributed by atoms with Crippen molar-refractivity contribution < 1.29 is 18.7 Å². The number of nitrogens with zero attached hydrogens (tertiary/aromatic N) is 3. The minimum absolute atomic E-state index is 0.0919. The van der Waals surface area contributed by atoms with Crippen LogP contribution < -0.4 is 21.1 Å². The summed E-state index contributed by atoms with van der Waals surface area (Å²) in [5, 5.41) is 6.40. The number of fused-ring (bicyclic) bond motifs is 1. The van der Waals surface area contributed by atoms with Gasteiger partial charge in [0.15, 0.2) is 5.58 Å². The van der Waals surface area contributed by atoms with E-state index in [1.165, 1.54) is 7.11 Å². The van der Waals surface area contributed by atoms with Gasteiger partial charge < -0.3 is 29.4 Å². The van der Waals surface area contributed by atoms with Crippen LogP contribution >= 0.6 is 0 Å². The fourth-order valence-corrected chi connectivity index (χ4v) is 3.81. The minimum atomic E-state index is -0.505. The van der Waals surface area contributed by atoms with E-state index >= 15 is 0 Å². The fourth-order valence-electron chi connectivity index (χ4n) is 3.81. The second kappa shape index (κ2) is 9.47. The predicted molar refractivity (Wildman–Crippen MR) is 130 cm³/mol. The molecule has 11 heteroatoms. The molecule has 0 radical (unpaired) electrons. The number of aromatic amines is 1. The van der Waals surface area contributed by atoms with E-state index < -0.39 is 5.76 Å². The number of aryl methyl sites for hydroxylation is 1. The monoisotopic (exact) mass is 476 g/mol. The lowest BCUT2D eigenvalue weighted by Gasteiger charge is -2.27. The number of methoxy groups -OCH3 is 1. The molecule has 0 aliphatic carbocycles. The largest absolute Gasteiger partial charge is 0.496 e. The second-order valence-corrected chi connectivity index (χ2v) is 8.02. The van der Waals surface area contributed by atoms with Gasteiger partial charge in [-0.25, -0.2) is 9.78 Å². The van der Waals surface area contributed by atoms with Crippen molar-refractivity contribution in [3.63, 3.8) is 0 Å². The number of hydrogen-bond donors (Lipinski definition) is 3. The second-order valence-electron chi connectivity index (χ2n) is 8.02. The Hall–Kier alpha value is -4.38. The van der Waals surface area contributed by atoms with E-state index in [0.29, 0.717) is 66.2 Å². The van der Waals surface area contributed by atoms with Gasteiger partial charge >= 0.3 is 5.76 Å². The van der Waals surface area contributed by atoms with Gasteiger partial charge in [0, 0.05) is 42.3 Å². The van der Waals surface area contributed by atoms with E-state index in [0.717, 1.165) is 11.3 Å². The Labute approximate surface area is 200 Å². The quantitative estimate of drug-likeness (QED) is 0.383. The van der Waals surface area contributed by atoms with Gasteiger partial charge in [-0.05, 0) is 37.3 Å². The van der Waals surface area contributed by atoms with Crippen LogP contribution in [0.2, 0.25) is 0 Å². The summed E-state index contributed by atoms with van der Waals surface area (Å²) in [4.78, 5) is 37.6. The summed E-state index contributed by atoms with van der Waals surface area (Å²) in [6.07, 6.45) is 1.70. The first-order chi connectivity index (χ1) is 17.0. The number of morpholine rings is 1. The van der Waals surface area contributed by atoms with Crippen molar-refractivity contribution in [1.29, 1.82) is 0 Å². The molecule has 0 bridgehead atoms. The number of nitrogens with one attached hydrogen (secondary N) is 3. The maximum atomic E-state index is 12.9. The molecule has 2 aromatic carbocycles. The maximum absolute atomic E-state index is 12.9. The molecule has 0 saturated carbocycles. The fraction of sp³-hybridized carbons (Fsp3) is 0.250. The van der Waals surface area contributed by atoms with E-state index in [-0.39, 0.29) is 5.91 Å². The number of ether oxygens (including phenoxy) is 2. The average Bonchev–Trinajstić information content (AvgIpc) is 3.25. The lowest BCUT2D eigenvalue weighted by atomic mass is 10.1. The van der Waals surface area contributed by atoms with Gasteiger partial charge in [-0.15, -0.1) is 0 Å². The Morgan fingerprint density at radius 2 is 1.89 bits per heavy atom. The Bertz CT molecular complexity index is 1440. The maximum Gasteiger partial charge on any atom is 0.417 e. The summed E-state index contributed by atoms with van der Waals surface area (Å²) >= 11 is 0. The van der Waals surface area contributed by atoms with Crippen molar-refractivity contribution in [3.8, 4) is 5.75 Å². The van der Waals surface area contributed by atoms with Crippen molar-refractivity contribution in [2.24, 2.45) is 0 Å². The molecule has 3 heterocycles. The zero-order valence-corrected chi connectivity index (χ0v) is 19.3. The summed E-state index contributed by atoms with van der Waals surface area (Å²) in [5.74, 6) is 0.823. The molecule has 0 spiro atoms. The van der Waals surface area contributed by atoms with Crippen molar-refractivity contribution in [2.75, 3.05) is 44.0 Å². The number of anilines is 4. The third kappa shape index (κ3) is 4.80. The van der Waals surface area contributed by atoms with E-state index in [1.807, 2.05) is 6.92 Å². The Morgan fingerprint density at radius 1 is 1.11 bits per heavy atom. The topological polar surface area (TPSA) is 135 Å².